The standard InChI is InChI=1S/2C9H13.C2H6Si.2ClH.Hf/c2*1-3-4-9-6-5-8(2)7-9;1-3-2;;;/h2*7H,3-5H2,1-2H3;1-2H3;2*1H;/q2*-1;;;;+2/p-2. The fourth-order valence-corrected chi connectivity index (χ4v) is 2.16. The first kappa shape index (κ1) is 29.4. The van der Waals surface area contributed by atoms with Crippen LogP contribution in [0.25, 0.3) is 0 Å². The molecule has 0 aromatic carbocycles. The van der Waals surface area contributed by atoms with Crippen molar-refractivity contribution in [2.45, 2.75) is 79.3 Å². The Hall–Kier alpha value is 0.627. The van der Waals surface area contributed by atoms with Gasteiger partial charge in [0.15, 0.2) is 0 Å². The van der Waals surface area contributed by atoms with E-state index in [0.717, 1.165) is 12.8 Å². The second kappa shape index (κ2) is 18.4. The van der Waals surface area contributed by atoms with Gasteiger partial charge in [-0.1, -0.05) is 53.4 Å². The van der Waals surface area contributed by atoms with Crippen LogP contribution in [0, 0.1) is 12.2 Å². The van der Waals surface area contributed by atoms with E-state index in [9.17, 15) is 0 Å². The molecule has 2 aliphatic rings. The van der Waals surface area contributed by atoms with Crippen LogP contribution < -0.4 is 24.8 Å². The molecule has 0 fully saturated rings. The number of allylic oxidation sites excluding steroid dienone is 8. The van der Waals surface area contributed by atoms with Crippen LogP contribution in [-0.4, -0.2) is 5.49 Å². The first-order valence-corrected chi connectivity index (χ1v) is 16.3. The molecule has 0 aliphatic heterocycles. The zero-order chi connectivity index (χ0) is 17.0. The van der Waals surface area contributed by atoms with Crippen molar-refractivity contribution < 1.29 is 47.8 Å². The molecule has 0 radical (unpaired) electrons. The SMILES string of the molecule is CCCC1=[C-]CC(C)=C1.CCCC1=[C-]CC(C)=C1.C[Si](C)=[Hf+2].[Cl-].[Cl-]. The number of rotatable bonds is 4. The Morgan fingerprint density at radius 2 is 1.17 bits per heavy atom. The summed E-state index contributed by atoms with van der Waals surface area (Å²) in [6.45, 7) is 13.4. The average molecular weight is 550 g/mol. The quantitative estimate of drug-likeness (QED) is 0.355. The van der Waals surface area contributed by atoms with Gasteiger partial charge in [-0.3, -0.25) is 12.2 Å². The van der Waals surface area contributed by atoms with E-state index in [2.05, 4.69) is 65.1 Å². The summed E-state index contributed by atoms with van der Waals surface area (Å²) in [4.78, 5) is 0. The molecule has 24 heavy (non-hydrogen) atoms. The van der Waals surface area contributed by atoms with E-state index in [0.29, 0.717) is 0 Å². The molecule has 0 amide bonds. The van der Waals surface area contributed by atoms with Gasteiger partial charge in [-0.25, -0.2) is 23.3 Å². The Morgan fingerprint density at radius 3 is 1.33 bits per heavy atom. The van der Waals surface area contributed by atoms with Gasteiger partial charge in [0.1, 0.15) is 0 Å². The molecular formula is C20H32Cl2HfSi-2. The van der Waals surface area contributed by atoms with Crippen LogP contribution in [0.3, 0.4) is 0 Å². The van der Waals surface area contributed by atoms with Gasteiger partial charge >= 0.3 is 41.6 Å². The van der Waals surface area contributed by atoms with Crippen LogP contribution in [-0.2, 0) is 23.0 Å². The third kappa shape index (κ3) is 17.5. The predicted molar refractivity (Wildman–Crippen MR) is 97.6 cm³/mol. The van der Waals surface area contributed by atoms with Gasteiger partial charge in [0.25, 0.3) is 0 Å². The largest absolute Gasteiger partial charge is 1.00 e. The maximum atomic E-state index is 3.33. The van der Waals surface area contributed by atoms with Crippen molar-refractivity contribution in [3.05, 3.63) is 46.6 Å². The van der Waals surface area contributed by atoms with Gasteiger partial charge in [0.2, 0.25) is 0 Å². The molecule has 2 aliphatic carbocycles. The second-order valence-electron chi connectivity index (χ2n) is 6.24. The van der Waals surface area contributed by atoms with E-state index in [1.54, 1.807) is 0 Å². The summed E-state index contributed by atoms with van der Waals surface area (Å²) in [6, 6.07) is 0. The van der Waals surface area contributed by atoms with Crippen molar-refractivity contribution in [2.24, 2.45) is 0 Å². The van der Waals surface area contributed by atoms with Gasteiger partial charge < -0.3 is 24.8 Å². The summed E-state index contributed by atoms with van der Waals surface area (Å²) >= 11 is 1.45. The Kier molecular flexibility index (Phi) is 22.6. The average Bonchev–Trinajstić information content (AvgIpc) is 3.00. The predicted octanol–water partition coefficient (Wildman–Crippen LogP) is 0.524. The zero-order valence-corrected chi connectivity index (χ0v) is 22.3. The molecule has 0 atom stereocenters. The number of halogens is 2. The Labute approximate surface area is 178 Å². The van der Waals surface area contributed by atoms with Gasteiger partial charge in [-0.05, 0) is 0 Å². The summed E-state index contributed by atoms with van der Waals surface area (Å²) < 4.78 is 0. The maximum Gasteiger partial charge on any atom is -1.00 e. The van der Waals surface area contributed by atoms with E-state index in [4.69, 9.17) is 0 Å². The van der Waals surface area contributed by atoms with Crippen LogP contribution >= 0.6 is 0 Å². The Bertz CT molecular complexity index is 432. The molecule has 2 rings (SSSR count). The smallest absolute Gasteiger partial charge is 1.00 e. The summed E-state index contributed by atoms with van der Waals surface area (Å²) in [7, 11) is 0. The maximum absolute atomic E-state index is 3.33. The van der Waals surface area contributed by atoms with Gasteiger partial charge in [-0.2, -0.15) is 11.1 Å². The minimum absolute atomic E-state index is 0. The molecule has 0 nitrogen and oxygen atoms in total. The molecule has 0 bridgehead atoms. The molecule has 0 aromatic heterocycles. The van der Waals surface area contributed by atoms with Crippen LogP contribution in [0.15, 0.2) is 34.4 Å². The topological polar surface area (TPSA) is 0 Å². The van der Waals surface area contributed by atoms with Crippen molar-refractivity contribution in [2.75, 3.05) is 0 Å². The van der Waals surface area contributed by atoms with Gasteiger partial charge in [0, 0.05) is 0 Å². The van der Waals surface area contributed by atoms with Crippen molar-refractivity contribution >= 4 is 5.49 Å². The first-order chi connectivity index (χ1) is 10.4. The molecule has 4 heteroatoms. The minimum Gasteiger partial charge on any atom is -1.00 e. The molecule has 0 heterocycles. The minimum atomic E-state index is 0. The van der Waals surface area contributed by atoms with E-state index < -0.39 is 0 Å². The molecule has 0 spiro atoms. The molecule has 0 saturated carbocycles. The monoisotopic (exact) mass is 550 g/mol. The van der Waals surface area contributed by atoms with Crippen LogP contribution in [0.2, 0.25) is 13.1 Å². The van der Waals surface area contributed by atoms with Crippen LogP contribution in [0.5, 0.6) is 0 Å². The summed E-state index contributed by atoms with van der Waals surface area (Å²) in [6.07, 6.45) is 18.2. The molecule has 0 N–H and O–H groups in total. The molecule has 0 unspecified atom stereocenters. The normalized spacial score (nSPS) is 14.3. The van der Waals surface area contributed by atoms with E-state index in [1.807, 2.05) is 0 Å². The number of hydrogen-bond donors (Lipinski definition) is 0. The van der Waals surface area contributed by atoms with Crippen molar-refractivity contribution in [1.29, 1.82) is 0 Å². The van der Waals surface area contributed by atoms with Crippen molar-refractivity contribution in [3.63, 3.8) is 0 Å². The summed E-state index contributed by atoms with van der Waals surface area (Å²) in [5, 5.41) is 0. The number of hydrogen-bond acceptors (Lipinski definition) is 0. The van der Waals surface area contributed by atoms with E-state index in [-0.39, 0.29) is 30.3 Å². The summed E-state index contributed by atoms with van der Waals surface area (Å²) in [5.74, 6) is 0. The Morgan fingerprint density at radius 1 is 0.875 bits per heavy atom. The van der Waals surface area contributed by atoms with E-state index >= 15 is 0 Å². The first-order valence-electron chi connectivity index (χ1n) is 8.44. The zero-order valence-electron chi connectivity index (χ0n) is 16.2. The fourth-order valence-electron chi connectivity index (χ4n) is 2.16. The third-order valence-corrected chi connectivity index (χ3v) is 3.07. The van der Waals surface area contributed by atoms with Crippen molar-refractivity contribution in [1.82, 2.24) is 0 Å². The van der Waals surface area contributed by atoms with Crippen LogP contribution in [0.1, 0.15) is 66.2 Å². The summed E-state index contributed by atoms with van der Waals surface area (Å²) in [5.41, 5.74) is 6.00. The molecule has 136 valence electrons. The van der Waals surface area contributed by atoms with Crippen molar-refractivity contribution in [3.8, 4) is 0 Å². The molecule has 0 saturated heterocycles. The fraction of sp³-hybridized carbons (Fsp3) is 0.600. The molecular weight excluding hydrogens is 518 g/mol. The van der Waals surface area contributed by atoms with Crippen LogP contribution in [0.4, 0.5) is 0 Å². The van der Waals surface area contributed by atoms with E-state index in [1.165, 1.54) is 71.0 Å². The second-order valence-corrected chi connectivity index (χ2v) is 19.0. The Balaban J connectivity index is -0.000000283. The molecule has 0 aromatic rings. The van der Waals surface area contributed by atoms with Gasteiger partial charge in [-0.15, -0.1) is 12.8 Å². The van der Waals surface area contributed by atoms with Gasteiger partial charge in [0.05, 0.1) is 0 Å². The third-order valence-electron chi connectivity index (χ3n) is 3.07.